The first-order valence-corrected chi connectivity index (χ1v) is 5.14. The van der Waals surface area contributed by atoms with E-state index in [1.807, 2.05) is 13.8 Å². The zero-order valence-corrected chi connectivity index (χ0v) is 9.08. The standard InChI is InChI=1S/C10H16N4O/c1-3-10(11)5-14(6-10)9(15)8-4-12-13-7(8)2/h4H,3,5-6,11H2,1-2H3,(H,12,13). The maximum Gasteiger partial charge on any atom is 0.257 e. The highest BCUT2D eigenvalue weighted by Gasteiger charge is 2.41. The Morgan fingerprint density at radius 1 is 1.73 bits per heavy atom. The fraction of sp³-hybridized carbons (Fsp3) is 0.600. The lowest BCUT2D eigenvalue weighted by atomic mass is 9.88. The quantitative estimate of drug-likeness (QED) is 0.733. The molecular weight excluding hydrogens is 192 g/mol. The maximum atomic E-state index is 11.9. The Bertz CT molecular complexity index is 379. The van der Waals surface area contributed by atoms with Crippen molar-refractivity contribution in [3.63, 3.8) is 0 Å². The molecule has 0 atom stereocenters. The first kappa shape index (κ1) is 10.2. The number of nitrogens with one attached hydrogen (secondary N) is 1. The largest absolute Gasteiger partial charge is 0.335 e. The fourth-order valence-corrected chi connectivity index (χ4v) is 1.82. The molecule has 1 fully saturated rings. The molecule has 1 saturated heterocycles. The minimum Gasteiger partial charge on any atom is -0.335 e. The van der Waals surface area contributed by atoms with Gasteiger partial charge in [-0.05, 0) is 13.3 Å². The van der Waals surface area contributed by atoms with Crippen molar-refractivity contribution in [1.82, 2.24) is 15.1 Å². The molecule has 1 aliphatic heterocycles. The highest BCUT2D eigenvalue weighted by molar-refractivity contribution is 5.95. The highest BCUT2D eigenvalue weighted by Crippen LogP contribution is 2.23. The van der Waals surface area contributed by atoms with Gasteiger partial charge in [-0.2, -0.15) is 5.10 Å². The van der Waals surface area contributed by atoms with Crippen LogP contribution in [0.3, 0.4) is 0 Å². The van der Waals surface area contributed by atoms with Crippen LogP contribution >= 0.6 is 0 Å². The van der Waals surface area contributed by atoms with Gasteiger partial charge in [-0.15, -0.1) is 0 Å². The van der Waals surface area contributed by atoms with Crippen molar-refractivity contribution >= 4 is 5.91 Å². The number of H-pyrrole nitrogens is 1. The van der Waals surface area contributed by atoms with E-state index in [0.29, 0.717) is 18.7 Å². The zero-order chi connectivity index (χ0) is 11.1. The number of aryl methyl sites for hydroxylation is 1. The lowest BCUT2D eigenvalue weighted by Gasteiger charge is -2.47. The van der Waals surface area contributed by atoms with Gasteiger partial charge in [0, 0.05) is 18.8 Å². The second kappa shape index (κ2) is 3.34. The molecule has 0 unspecified atom stereocenters. The van der Waals surface area contributed by atoms with Crippen molar-refractivity contribution in [2.75, 3.05) is 13.1 Å². The van der Waals surface area contributed by atoms with Gasteiger partial charge in [-0.3, -0.25) is 9.89 Å². The molecule has 5 nitrogen and oxygen atoms in total. The van der Waals surface area contributed by atoms with Crippen molar-refractivity contribution in [2.45, 2.75) is 25.8 Å². The Balaban J connectivity index is 2.04. The van der Waals surface area contributed by atoms with Gasteiger partial charge in [0.1, 0.15) is 0 Å². The van der Waals surface area contributed by atoms with Gasteiger partial charge < -0.3 is 10.6 Å². The molecule has 1 amide bonds. The highest BCUT2D eigenvalue weighted by atomic mass is 16.2. The second-order valence-electron chi connectivity index (χ2n) is 4.29. The zero-order valence-electron chi connectivity index (χ0n) is 9.08. The van der Waals surface area contributed by atoms with E-state index in [0.717, 1.165) is 12.1 Å². The summed E-state index contributed by atoms with van der Waals surface area (Å²) in [4.78, 5) is 13.7. The summed E-state index contributed by atoms with van der Waals surface area (Å²) in [6.07, 6.45) is 2.47. The Morgan fingerprint density at radius 2 is 2.40 bits per heavy atom. The van der Waals surface area contributed by atoms with E-state index in [4.69, 9.17) is 5.73 Å². The number of nitrogens with zero attached hydrogens (tertiary/aromatic N) is 2. The van der Waals surface area contributed by atoms with Gasteiger partial charge >= 0.3 is 0 Å². The van der Waals surface area contributed by atoms with Crippen LogP contribution in [-0.2, 0) is 0 Å². The van der Waals surface area contributed by atoms with E-state index < -0.39 is 0 Å². The van der Waals surface area contributed by atoms with Gasteiger partial charge in [0.25, 0.3) is 5.91 Å². The molecule has 5 heteroatoms. The molecule has 0 aromatic carbocycles. The topological polar surface area (TPSA) is 75.0 Å². The van der Waals surface area contributed by atoms with Crippen molar-refractivity contribution in [3.05, 3.63) is 17.5 Å². The SMILES string of the molecule is CCC1(N)CN(C(=O)c2cn[nH]c2C)C1. The summed E-state index contributed by atoms with van der Waals surface area (Å²) in [5, 5.41) is 6.59. The predicted octanol–water partition coefficient (Wildman–Crippen LogP) is 0.281. The van der Waals surface area contributed by atoms with Gasteiger partial charge in [-0.1, -0.05) is 6.92 Å². The molecule has 0 bridgehead atoms. The van der Waals surface area contributed by atoms with Crippen molar-refractivity contribution in [2.24, 2.45) is 5.73 Å². The lowest BCUT2D eigenvalue weighted by Crippen LogP contribution is -2.68. The van der Waals surface area contributed by atoms with Crippen LogP contribution in [0, 0.1) is 6.92 Å². The summed E-state index contributed by atoms with van der Waals surface area (Å²) in [5.41, 5.74) is 7.29. The van der Waals surface area contributed by atoms with Crippen molar-refractivity contribution in [3.8, 4) is 0 Å². The first-order valence-electron chi connectivity index (χ1n) is 5.14. The number of carbonyl (C=O) groups is 1. The lowest BCUT2D eigenvalue weighted by molar-refractivity contribution is 0.0400. The van der Waals surface area contributed by atoms with Crippen molar-refractivity contribution < 1.29 is 4.79 Å². The molecular formula is C10H16N4O. The van der Waals surface area contributed by atoms with Crippen LogP contribution < -0.4 is 5.73 Å². The molecule has 0 radical (unpaired) electrons. The van der Waals surface area contributed by atoms with Crippen LogP contribution in [0.4, 0.5) is 0 Å². The number of amides is 1. The smallest absolute Gasteiger partial charge is 0.257 e. The first-order chi connectivity index (χ1) is 7.06. The van der Waals surface area contributed by atoms with E-state index in [9.17, 15) is 4.79 Å². The Hall–Kier alpha value is -1.36. The Kier molecular flexibility index (Phi) is 2.26. The van der Waals surface area contributed by atoms with E-state index in [-0.39, 0.29) is 11.4 Å². The normalized spacial score (nSPS) is 18.7. The summed E-state index contributed by atoms with van der Waals surface area (Å²) in [6, 6.07) is 0. The van der Waals surface area contributed by atoms with E-state index >= 15 is 0 Å². The molecule has 82 valence electrons. The molecule has 1 aromatic heterocycles. The minimum atomic E-state index is -0.173. The Labute approximate surface area is 88.6 Å². The molecule has 2 rings (SSSR count). The third kappa shape index (κ3) is 1.63. The number of nitrogens with two attached hydrogens (primary N) is 1. The van der Waals surface area contributed by atoms with E-state index in [1.54, 1.807) is 11.1 Å². The number of aromatic amines is 1. The molecule has 0 saturated carbocycles. The summed E-state index contributed by atoms with van der Waals surface area (Å²) >= 11 is 0. The molecule has 2 heterocycles. The molecule has 1 aromatic rings. The van der Waals surface area contributed by atoms with E-state index in [2.05, 4.69) is 10.2 Å². The summed E-state index contributed by atoms with van der Waals surface area (Å²) in [6.45, 7) is 5.18. The Morgan fingerprint density at radius 3 is 2.87 bits per heavy atom. The number of carbonyl (C=O) groups excluding carboxylic acids is 1. The van der Waals surface area contributed by atoms with Gasteiger partial charge in [0.15, 0.2) is 0 Å². The maximum absolute atomic E-state index is 11.9. The van der Waals surface area contributed by atoms with Crippen LogP contribution in [0.2, 0.25) is 0 Å². The van der Waals surface area contributed by atoms with Crippen LogP contribution in [0.25, 0.3) is 0 Å². The molecule has 3 N–H and O–H groups in total. The van der Waals surface area contributed by atoms with Gasteiger partial charge in [0.2, 0.25) is 0 Å². The fourth-order valence-electron chi connectivity index (χ4n) is 1.82. The van der Waals surface area contributed by atoms with Gasteiger partial charge in [0.05, 0.1) is 17.3 Å². The molecule has 15 heavy (non-hydrogen) atoms. The van der Waals surface area contributed by atoms with Gasteiger partial charge in [-0.25, -0.2) is 0 Å². The summed E-state index contributed by atoms with van der Waals surface area (Å²) in [7, 11) is 0. The molecule has 0 aliphatic carbocycles. The number of hydrogen-bond donors (Lipinski definition) is 2. The summed E-state index contributed by atoms with van der Waals surface area (Å²) < 4.78 is 0. The predicted molar refractivity (Wildman–Crippen MR) is 56.4 cm³/mol. The third-order valence-corrected chi connectivity index (χ3v) is 3.06. The van der Waals surface area contributed by atoms with Crippen LogP contribution in [-0.4, -0.2) is 39.6 Å². The second-order valence-corrected chi connectivity index (χ2v) is 4.29. The van der Waals surface area contributed by atoms with E-state index in [1.165, 1.54) is 0 Å². The monoisotopic (exact) mass is 208 g/mol. The number of hydrogen-bond acceptors (Lipinski definition) is 3. The van der Waals surface area contributed by atoms with Crippen LogP contribution in [0.5, 0.6) is 0 Å². The number of likely N-dealkylation sites (tertiary alicyclic amines) is 1. The number of rotatable bonds is 2. The molecule has 0 spiro atoms. The van der Waals surface area contributed by atoms with Crippen molar-refractivity contribution in [1.29, 1.82) is 0 Å². The average molecular weight is 208 g/mol. The molecule has 1 aliphatic rings. The van der Waals surface area contributed by atoms with Crippen LogP contribution in [0.1, 0.15) is 29.4 Å². The summed E-state index contributed by atoms with van der Waals surface area (Å²) in [5.74, 6) is 0.0239. The third-order valence-electron chi connectivity index (χ3n) is 3.06. The minimum absolute atomic E-state index is 0.0239. The average Bonchev–Trinajstić information content (AvgIpc) is 2.58. The number of aromatic nitrogens is 2. The van der Waals surface area contributed by atoms with Crippen LogP contribution in [0.15, 0.2) is 6.20 Å².